The van der Waals surface area contributed by atoms with Crippen molar-refractivity contribution in [3.8, 4) is 0 Å². The van der Waals surface area contributed by atoms with E-state index in [0.29, 0.717) is 18.8 Å². The molecule has 0 radical (unpaired) electrons. The Balaban J connectivity index is 2.09. The summed E-state index contributed by atoms with van der Waals surface area (Å²) in [7, 11) is 0. The lowest BCUT2D eigenvalue weighted by molar-refractivity contribution is -0.134. The van der Waals surface area contributed by atoms with Crippen LogP contribution in [0.2, 0.25) is 0 Å². The summed E-state index contributed by atoms with van der Waals surface area (Å²) in [6.07, 6.45) is 1.53. The normalized spacial score (nSPS) is 13.9. The fourth-order valence-corrected chi connectivity index (χ4v) is 3.21. The molecule has 7 heteroatoms. The first-order chi connectivity index (χ1) is 10.2. The zero-order valence-corrected chi connectivity index (χ0v) is 13.4. The van der Waals surface area contributed by atoms with Gasteiger partial charge in [0.15, 0.2) is 5.82 Å². The number of carbonyl (C=O) groups excluding carboxylic acids is 1. The summed E-state index contributed by atoms with van der Waals surface area (Å²) in [6, 6.07) is 2.26. The molecule has 2 aromatic heterocycles. The molecule has 2 atom stereocenters. The van der Waals surface area contributed by atoms with Gasteiger partial charge in [0.05, 0.1) is 0 Å². The van der Waals surface area contributed by atoms with Crippen LogP contribution in [0.25, 0.3) is 0 Å². The summed E-state index contributed by atoms with van der Waals surface area (Å²) in [6.45, 7) is 6.74. The second-order valence-electron chi connectivity index (χ2n) is 5.04. The number of rotatable bonds is 7. The van der Waals surface area contributed by atoms with Crippen LogP contribution in [-0.2, 0) is 11.2 Å². The monoisotopic (exact) mass is 307 g/mol. The van der Waals surface area contributed by atoms with E-state index in [-0.39, 0.29) is 17.9 Å². The average molecular weight is 307 g/mol. The number of hydrogen-bond acceptors (Lipinski definition) is 5. The van der Waals surface area contributed by atoms with Crippen molar-refractivity contribution in [2.75, 3.05) is 6.54 Å². The van der Waals surface area contributed by atoms with E-state index in [4.69, 9.17) is 0 Å². The molecule has 0 saturated carbocycles. The van der Waals surface area contributed by atoms with Crippen LogP contribution in [0.3, 0.4) is 0 Å². The highest BCUT2D eigenvalue weighted by molar-refractivity contribution is 7.07. The standard InChI is InChI=1S/C14H21N5OS/c1-4-12(13-15-17-18-16-13)14(20)19(5-2)10(3)8-11-6-7-21-9-11/h6-7,9-10,12H,4-5,8H2,1-3H3,(H,15,16,17,18). The summed E-state index contributed by atoms with van der Waals surface area (Å²) >= 11 is 1.68. The Kier molecular flexibility index (Phi) is 5.44. The minimum atomic E-state index is -0.325. The number of likely N-dealkylation sites (N-methyl/N-ethyl adjacent to an activating group) is 1. The second-order valence-corrected chi connectivity index (χ2v) is 5.82. The van der Waals surface area contributed by atoms with Crippen LogP contribution in [-0.4, -0.2) is 44.0 Å². The Labute approximate surface area is 128 Å². The molecule has 0 aromatic carbocycles. The van der Waals surface area contributed by atoms with Crippen LogP contribution in [0.4, 0.5) is 0 Å². The van der Waals surface area contributed by atoms with Gasteiger partial charge in [-0.05, 0) is 49.1 Å². The van der Waals surface area contributed by atoms with Crippen LogP contribution in [0.15, 0.2) is 16.8 Å². The first kappa shape index (κ1) is 15.6. The van der Waals surface area contributed by atoms with Gasteiger partial charge in [-0.3, -0.25) is 4.79 Å². The maximum absolute atomic E-state index is 12.8. The van der Waals surface area contributed by atoms with Crippen molar-refractivity contribution < 1.29 is 4.79 Å². The molecule has 0 spiro atoms. The van der Waals surface area contributed by atoms with Crippen molar-refractivity contribution >= 4 is 17.2 Å². The molecule has 2 heterocycles. The number of hydrogen-bond donors (Lipinski definition) is 1. The Hall–Kier alpha value is -1.76. The first-order valence-corrected chi connectivity index (χ1v) is 8.16. The smallest absolute Gasteiger partial charge is 0.233 e. The third kappa shape index (κ3) is 3.66. The number of H-pyrrole nitrogens is 1. The van der Waals surface area contributed by atoms with Gasteiger partial charge in [0.2, 0.25) is 5.91 Å². The molecule has 1 amide bonds. The fraction of sp³-hybridized carbons (Fsp3) is 0.571. The van der Waals surface area contributed by atoms with Gasteiger partial charge in [0, 0.05) is 12.6 Å². The number of nitrogens with one attached hydrogen (secondary N) is 1. The van der Waals surface area contributed by atoms with E-state index in [1.807, 2.05) is 18.7 Å². The lowest BCUT2D eigenvalue weighted by atomic mass is 10.0. The molecular weight excluding hydrogens is 286 g/mol. The van der Waals surface area contributed by atoms with E-state index in [1.165, 1.54) is 5.56 Å². The number of amides is 1. The minimum Gasteiger partial charge on any atom is -0.339 e. The molecule has 0 saturated heterocycles. The maximum atomic E-state index is 12.8. The summed E-state index contributed by atoms with van der Waals surface area (Å²) in [5.74, 6) is 0.224. The zero-order chi connectivity index (χ0) is 15.2. The first-order valence-electron chi connectivity index (χ1n) is 7.22. The van der Waals surface area contributed by atoms with Crippen molar-refractivity contribution in [3.05, 3.63) is 28.2 Å². The SMILES string of the molecule is CCC(C(=O)N(CC)C(C)Cc1ccsc1)c1nn[nH]n1. The van der Waals surface area contributed by atoms with Crippen molar-refractivity contribution in [3.63, 3.8) is 0 Å². The molecule has 0 fully saturated rings. The highest BCUT2D eigenvalue weighted by Crippen LogP contribution is 2.21. The maximum Gasteiger partial charge on any atom is 0.233 e. The predicted molar refractivity (Wildman–Crippen MR) is 82.1 cm³/mol. The van der Waals surface area contributed by atoms with Gasteiger partial charge in [-0.15, -0.1) is 10.2 Å². The zero-order valence-electron chi connectivity index (χ0n) is 12.6. The number of aromatic amines is 1. The topological polar surface area (TPSA) is 74.8 Å². The molecule has 0 aliphatic carbocycles. The molecule has 2 rings (SSSR count). The van der Waals surface area contributed by atoms with Gasteiger partial charge in [-0.25, -0.2) is 0 Å². The molecule has 1 N–H and O–H groups in total. The number of nitrogens with zero attached hydrogens (tertiary/aromatic N) is 4. The number of thiophene rings is 1. The summed E-state index contributed by atoms with van der Waals surface area (Å²) in [5.41, 5.74) is 1.27. The molecule has 2 aromatic rings. The highest BCUT2D eigenvalue weighted by Gasteiger charge is 2.29. The van der Waals surface area contributed by atoms with Gasteiger partial charge in [0.25, 0.3) is 0 Å². The molecule has 2 unspecified atom stereocenters. The van der Waals surface area contributed by atoms with Crippen LogP contribution in [0, 0.1) is 0 Å². The van der Waals surface area contributed by atoms with Crippen molar-refractivity contribution in [2.45, 2.75) is 45.6 Å². The lowest BCUT2D eigenvalue weighted by Gasteiger charge is -2.30. The third-order valence-electron chi connectivity index (χ3n) is 3.65. The van der Waals surface area contributed by atoms with Crippen LogP contribution in [0.1, 0.15) is 44.5 Å². The van der Waals surface area contributed by atoms with Gasteiger partial charge in [-0.1, -0.05) is 12.1 Å². The predicted octanol–water partition coefficient (Wildman–Crippen LogP) is 2.23. The Morgan fingerprint density at radius 2 is 2.29 bits per heavy atom. The van der Waals surface area contributed by atoms with Gasteiger partial charge < -0.3 is 4.90 Å². The largest absolute Gasteiger partial charge is 0.339 e. The van der Waals surface area contributed by atoms with E-state index in [9.17, 15) is 4.79 Å². The molecular formula is C14H21N5OS. The number of tetrazole rings is 1. The van der Waals surface area contributed by atoms with Gasteiger partial charge >= 0.3 is 0 Å². The lowest BCUT2D eigenvalue weighted by Crippen LogP contribution is -2.42. The fourth-order valence-electron chi connectivity index (χ4n) is 2.53. The van der Waals surface area contributed by atoms with Crippen molar-refractivity contribution in [1.29, 1.82) is 0 Å². The molecule has 0 bridgehead atoms. The summed E-state index contributed by atoms with van der Waals surface area (Å²) < 4.78 is 0. The van der Waals surface area contributed by atoms with Crippen molar-refractivity contribution in [1.82, 2.24) is 25.5 Å². The molecule has 114 valence electrons. The van der Waals surface area contributed by atoms with E-state index >= 15 is 0 Å². The number of aromatic nitrogens is 4. The summed E-state index contributed by atoms with van der Waals surface area (Å²) in [5, 5.41) is 18.1. The second kappa shape index (κ2) is 7.31. The quantitative estimate of drug-likeness (QED) is 0.851. The Morgan fingerprint density at radius 3 is 2.81 bits per heavy atom. The molecule has 6 nitrogen and oxygen atoms in total. The average Bonchev–Trinajstić information content (AvgIpc) is 3.14. The van der Waals surface area contributed by atoms with Crippen LogP contribution >= 0.6 is 11.3 Å². The van der Waals surface area contributed by atoms with Crippen LogP contribution in [0.5, 0.6) is 0 Å². The molecule has 0 aliphatic rings. The van der Waals surface area contributed by atoms with E-state index in [1.54, 1.807) is 11.3 Å². The van der Waals surface area contributed by atoms with E-state index < -0.39 is 0 Å². The molecule has 0 aliphatic heterocycles. The highest BCUT2D eigenvalue weighted by atomic mass is 32.1. The summed E-state index contributed by atoms with van der Waals surface area (Å²) in [4.78, 5) is 14.7. The van der Waals surface area contributed by atoms with E-state index in [0.717, 1.165) is 6.42 Å². The van der Waals surface area contributed by atoms with Crippen molar-refractivity contribution in [2.24, 2.45) is 0 Å². The minimum absolute atomic E-state index is 0.0733. The third-order valence-corrected chi connectivity index (χ3v) is 4.38. The Morgan fingerprint density at radius 1 is 1.48 bits per heavy atom. The number of carbonyl (C=O) groups is 1. The van der Waals surface area contributed by atoms with Gasteiger partial charge in [-0.2, -0.15) is 16.6 Å². The van der Waals surface area contributed by atoms with Gasteiger partial charge in [0.1, 0.15) is 5.92 Å². The Bertz CT molecular complexity index is 540. The van der Waals surface area contributed by atoms with Crippen LogP contribution < -0.4 is 0 Å². The van der Waals surface area contributed by atoms with E-state index in [2.05, 4.69) is 44.4 Å². The molecule has 21 heavy (non-hydrogen) atoms.